The third kappa shape index (κ3) is 3.19. The number of carbonyl (C=O) groups excluding carboxylic acids is 3. The third-order valence-corrected chi connectivity index (χ3v) is 4.77. The van der Waals surface area contributed by atoms with E-state index in [1.807, 2.05) is 0 Å². The minimum atomic E-state index is -0.549. The summed E-state index contributed by atoms with van der Waals surface area (Å²) in [5.41, 5.74) is 1.27. The zero-order valence-electron chi connectivity index (χ0n) is 15.0. The monoisotopic (exact) mass is 386 g/mol. The van der Waals surface area contributed by atoms with Crippen molar-refractivity contribution in [1.82, 2.24) is 0 Å². The largest absolute Gasteiger partial charge is 0.325 e. The topological polar surface area (TPSA) is 106 Å². The quantitative estimate of drug-likeness (QED) is 0.426. The van der Waals surface area contributed by atoms with Crippen LogP contribution in [0.15, 0.2) is 66.7 Å². The summed E-state index contributed by atoms with van der Waals surface area (Å²) in [6.45, 7) is 0. The fourth-order valence-electron chi connectivity index (χ4n) is 3.45. The summed E-state index contributed by atoms with van der Waals surface area (Å²) >= 11 is 0. The predicted octanol–water partition coefficient (Wildman–Crippen LogP) is 3.55. The van der Waals surface area contributed by atoms with Gasteiger partial charge in [-0.05, 0) is 6.07 Å². The van der Waals surface area contributed by atoms with Crippen LogP contribution in [-0.2, 0) is 11.2 Å². The van der Waals surface area contributed by atoms with Crippen molar-refractivity contribution in [3.63, 3.8) is 0 Å². The van der Waals surface area contributed by atoms with E-state index in [0.717, 1.165) is 0 Å². The summed E-state index contributed by atoms with van der Waals surface area (Å²) in [5, 5.41) is 13.8. The smallest absolute Gasteiger partial charge is 0.273 e. The van der Waals surface area contributed by atoms with Gasteiger partial charge in [0.05, 0.1) is 22.6 Å². The first-order chi connectivity index (χ1) is 14.0. The maximum Gasteiger partial charge on any atom is 0.273 e. The first-order valence-corrected chi connectivity index (χ1v) is 8.81. The molecule has 142 valence electrons. The minimum Gasteiger partial charge on any atom is -0.325 e. The van der Waals surface area contributed by atoms with Gasteiger partial charge in [-0.15, -0.1) is 0 Å². The van der Waals surface area contributed by atoms with E-state index in [9.17, 15) is 24.5 Å². The number of fused-ring (bicyclic) bond motifs is 2. The average molecular weight is 386 g/mol. The number of rotatable bonds is 4. The molecule has 0 bridgehead atoms. The van der Waals surface area contributed by atoms with Crippen molar-refractivity contribution in [2.24, 2.45) is 0 Å². The molecule has 4 rings (SSSR count). The number of nitrogens with zero attached hydrogens (tertiary/aromatic N) is 1. The van der Waals surface area contributed by atoms with E-state index in [1.54, 1.807) is 42.5 Å². The fraction of sp³-hybridized carbons (Fsp3) is 0.0455. The van der Waals surface area contributed by atoms with Gasteiger partial charge in [0.2, 0.25) is 5.91 Å². The Hall–Kier alpha value is -4.13. The lowest BCUT2D eigenvalue weighted by atomic mass is 9.83. The van der Waals surface area contributed by atoms with Crippen LogP contribution in [0.4, 0.5) is 11.4 Å². The Labute approximate surface area is 165 Å². The highest BCUT2D eigenvalue weighted by molar-refractivity contribution is 6.30. The molecule has 0 fully saturated rings. The summed E-state index contributed by atoms with van der Waals surface area (Å²) in [6, 6.07) is 17.2. The Kier molecular flexibility index (Phi) is 4.48. The van der Waals surface area contributed by atoms with E-state index in [1.165, 1.54) is 24.3 Å². The number of amides is 1. The maximum absolute atomic E-state index is 13.0. The number of para-hydroxylation sites is 1. The molecule has 1 aliphatic rings. The molecule has 7 heteroatoms. The van der Waals surface area contributed by atoms with Crippen LogP contribution in [0.3, 0.4) is 0 Å². The first kappa shape index (κ1) is 18.2. The Balaban J connectivity index is 1.67. The molecule has 0 spiro atoms. The SMILES string of the molecule is O=C(Cc1ccccc1[N+](=O)[O-])Nc1cccc2c1C(=O)c1ccccc1C2=O. The number of hydrogen-bond donors (Lipinski definition) is 1. The highest BCUT2D eigenvalue weighted by Crippen LogP contribution is 2.32. The van der Waals surface area contributed by atoms with Crippen LogP contribution in [0.5, 0.6) is 0 Å². The van der Waals surface area contributed by atoms with E-state index >= 15 is 0 Å². The maximum atomic E-state index is 13.0. The number of nitro groups is 1. The molecule has 0 saturated heterocycles. The zero-order valence-corrected chi connectivity index (χ0v) is 15.0. The van der Waals surface area contributed by atoms with Gasteiger partial charge in [-0.3, -0.25) is 24.5 Å². The molecule has 29 heavy (non-hydrogen) atoms. The van der Waals surface area contributed by atoms with Crippen molar-refractivity contribution in [2.75, 3.05) is 5.32 Å². The molecule has 0 aromatic heterocycles. The molecule has 0 radical (unpaired) electrons. The van der Waals surface area contributed by atoms with Crippen LogP contribution in [0, 0.1) is 10.1 Å². The molecule has 0 heterocycles. The lowest BCUT2D eigenvalue weighted by Crippen LogP contribution is -2.24. The van der Waals surface area contributed by atoms with Crippen molar-refractivity contribution < 1.29 is 19.3 Å². The lowest BCUT2D eigenvalue weighted by molar-refractivity contribution is -0.385. The van der Waals surface area contributed by atoms with E-state index in [2.05, 4.69) is 5.32 Å². The van der Waals surface area contributed by atoms with Gasteiger partial charge >= 0.3 is 0 Å². The summed E-state index contributed by atoms with van der Waals surface area (Å²) in [5.74, 6) is -1.16. The third-order valence-electron chi connectivity index (χ3n) is 4.77. The molecule has 0 saturated carbocycles. The van der Waals surface area contributed by atoms with Crippen LogP contribution < -0.4 is 5.32 Å². The molecule has 1 aliphatic carbocycles. The second-order valence-electron chi connectivity index (χ2n) is 6.54. The number of carbonyl (C=O) groups is 3. The number of anilines is 1. The number of hydrogen-bond acceptors (Lipinski definition) is 5. The lowest BCUT2D eigenvalue weighted by Gasteiger charge is -2.20. The molecule has 0 aliphatic heterocycles. The Bertz CT molecular complexity index is 1200. The van der Waals surface area contributed by atoms with Crippen LogP contribution in [0.25, 0.3) is 0 Å². The number of ketones is 2. The molecule has 3 aromatic carbocycles. The second kappa shape index (κ2) is 7.12. The summed E-state index contributed by atoms with van der Waals surface area (Å²) < 4.78 is 0. The minimum absolute atomic E-state index is 0.132. The van der Waals surface area contributed by atoms with Gasteiger partial charge in [0.25, 0.3) is 5.69 Å². The van der Waals surface area contributed by atoms with Crippen LogP contribution >= 0.6 is 0 Å². The van der Waals surface area contributed by atoms with Gasteiger partial charge in [-0.1, -0.05) is 54.6 Å². The van der Waals surface area contributed by atoms with E-state index in [0.29, 0.717) is 5.56 Å². The van der Waals surface area contributed by atoms with Crippen molar-refractivity contribution >= 4 is 28.8 Å². The van der Waals surface area contributed by atoms with Gasteiger partial charge in [0.15, 0.2) is 11.6 Å². The van der Waals surface area contributed by atoms with E-state index in [4.69, 9.17) is 0 Å². The molecule has 3 aromatic rings. The number of nitrogens with one attached hydrogen (secondary N) is 1. The fourth-order valence-corrected chi connectivity index (χ4v) is 3.45. The van der Waals surface area contributed by atoms with Crippen LogP contribution in [0.1, 0.15) is 37.4 Å². The first-order valence-electron chi connectivity index (χ1n) is 8.81. The van der Waals surface area contributed by atoms with Gasteiger partial charge in [-0.2, -0.15) is 0 Å². The Morgan fingerprint density at radius 1 is 0.828 bits per heavy atom. The van der Waals surface area contributed by atoms with Crippen molar-refractivity contribution in [3.8, 4) is 0 Å². The standard InChI is InChI=1S/C22H14N2O5/c25-19(12-13-6-1-4-11-18(13)24(28)29)23-17-10-5-9-16-20(17)22(27)15-8-3-2-7-14(15)21(16)26/h1-11H,12H2,(H,23,25). The predicted molar refractivity (Wildman–Crippen MR) is 105 cm³/mol. The van der Waals surface area contributed by atoms with Gasteiger partial charge in [0, 0.05) is 28.3 Å². The number of benzene rings is 3. The summed E-state index contributed by atoms with van der Waals surface area (Å²) in [4.78, 5) is 48.9. The molecular weight excluding hydrogens is 372 g/mol. The highest BCUT2D eigenvalue weighted by Gasteiger charge is 2.31. The summed E-state index contributed by atoms with van der Waals surface area (Å²) in [6.07, 6.45) is -0.237. The van der Waals surface area contributed by atoms with Gasteiger partial charge in [-0.25, -0.2) is 0 Å². The number of nitro benzene ring substituents is 1. The molecule has 7 nitrogen and oxygen atoms in total. The Morgan fingerprint density at radius 2 is 1.45 bits per heavy atom. The van der Waals surface area contributed by atoms with Crippen LogP contribution in [-0.4, -0.2) is 22.4 Å². The normalized spacial score (nSPS) is 12.1. The summed E-state index contributed by atoms with van der Waals surface area (Å²) in [7, 11) is 0. The van der Waals surface area contributed by atoms with E-state index in [-0.39, 0.29) is 51.6 Å². The second-order valence-corrected chi connectivity index (χ2v) is 6.54. The van der Waals surface area contributed by atoms with Crippen LogP contribution in [0.2, 0.25) is 0 Å². The molecule has 0 unspecified atom stereocenters. The molecular formula is C22H14N2O5. The van der Waals surface area contributed by atoms with Crippen molar-refractivity contribution in [1.29, 1.82) is 0 Å². The van der Waals surface area contributed by atoms with Gasteiger partial charge in [0.1, 0.15) is 0 Å². The average Bonchev–Trinajstić information content (AvgIpc) is 2.72. The molecule has 1 N–H and O–H groups in total. The highest BCUT2D eigenvalue weighted by atomic mass is 16.6. The van der Waals surface area contributed by atoms with Crippen molar-refractivity contribution in [2.45, 2.75) is 6.42 Å². The van der Waals surface area contributed by atoms with Gasteiger partial charge < -0.3 is 5.32 Å². The zero-order chi connectivity index (χ0) is 20.5. The van der Waals surface area contributed by atoms with E-state index < -0.39 is 10.8 Å². The molecule has 0 atom stereocenters. The molecule has 1 amide bonds. The Morgan fingerprint density at radius 3 is 2.17 bits per heavy atom. The van der Waals surface area contributed by atoms with Crippen molar-refractivity contribution in [3.05, 3.63) is 105 Å².